The molecule has 1 spiro atoms. The minimum Gasteiger partial charge on any atom is -0.255 e. The van der Waals surface area contributed by atoms with Crippen LogP contribution < -0.4 is 0 Å². The molecule has 1 aliphatic carbocycles. The van der Waals surface area contributed by atoms with Gasteiger partial charge in [0.2, 0.25) is 0 Å². The molecule has 0 saturated heterocycles. The Hall–Kier alpha value is -6.10. The first kappa shape index (κ1) is 28.9. The van der Waals surface area contributed by atoms with E-state index in [1.165, 1.54) is 54.3 Å². The Morgan fingerprint density at radius 2 is 1.00 bits per heavy atom. The number of pyridine rings is 1. The number of benzene rings is 6. The van der Waals surface area contributed by atoms with E-state index in [4.69, 9.17) is 9.97 Å². The van der Waals surface area contributed by atoms with Gasteiger partial charge in [-0.1, -0.05) is 157 Å². The van der Waals surface area contributed by atoms with Crippen LogP contribution in [0.2, 0.25) is 0 Å². The minimum atomic E-state index is -0.392. The average molecular weight is 656 g/mol. The van der Waals surface area contributed by atoms with E-state index in [2.05, 4.69) is 120 Å². The second-order valence-corrected chi connectivity index (χ2v) is 13.8. The van der Waals surface area contributed by atoms with Gasteiger partial charge in [-0.25, -0.2) is 9.97 Å². The summed E-state index contributed by atoms with van der Waals surface area (Å²) in [6.07, 6.45) is 1.80. The summed E-state index contributed by atoms with van der Waals surface area (Å²) in [5.41, 5.74) is 14.5. The van der Waals surface area contributed by atoms with Gasteiger partial charge in [-0.15, -0.1) is 0 Å². The number of hydrogen-bond acceptors (Lipinski definition) is 4. The third-order valence-electron chi connectivity index (χ3n) is 10.1. The molecule has 2 aromatic heterocycles. The molecule has 8 aromatic rings. The van der Waals surface area contributed by atoms with Crippen LogP contribution >= 0.6 is 11.8 Å². The standard InChI is InChI=1S/C46H29N3S/c1-2-13-32(14-3-1)45-48-41(29-42(49-45)40-22-10-11-28-47-40)31-26-24-30(25-27-31)33-17-12-21-39-44(33)50-43-23-9-8-20-38(43)46(39)36-18-6-4-15-34(36)35-16-5-7-19-37(35)46/h1-29H. The molecule has 6 aromatic carbocycles. The van der Waals surface area contributed by atoms with Gasteiger partial charge < -0.3 is 0 Å². The van der Waals surface area contributed by atoms with Gasteiger partial charge >= 0.3 is 0 Å². The molecule has 0 bridgehead atoms. The summed E-state index contributed by atoms with van der Waals surface area (Å²) in [5, 5.41) is 0. The van der Waals surface area contributed by atoms with Crippen LogP contribution in [0.5, 0.6) is 0 Å². The zero-order valence-corrected chi connectivity index (χ0v) is 27.8. The SMILES string of the molecule is c1ccc(-c2nc(-c3ccc(-c4cccc5c4Sc4ccccc4C54c5ccccc5-c5ccccc54)cc3)cc(-c3ccccn3)n2)cc1. The average Bonchev–Trinajstić information content (AvgIpc) is 3.49. The van der Waals surface area contributed by atoms with E-state index < -0.39 is 5.41 Å². The van der Waals surface area contributed by atoms with E-state index in [1.807, 2.05) is 66.4 Å². The summed E-state index contributed by atoms with van der Waals surface area (Å²) >= 11 is 1.89. The molecule has 1 aliphatic heterocycles. The van der Waals surface area contributed by atoms with Gasteiger partial charge in [0, 0.05) is 27.1 Å². The van der Waals surface area contributed by atoms with Crippen LogP contribution in [0.15, 0.2) is 186 Å². The molecule has 4 heteroatoms. The lowest BCUT2D eigenvalue weighted by atomic mass is 9.67. The van der Waals surface area contributed by atoms with Gasteiger partial charge in [0.05, 0.1) is 22.5 Å². The van der Waals surface area contributed by atoms with Crippen molar-refractivity contribution in [1.29, 1.82) is 0 Å². The fourth-order valence-electron chi connectivity index (χ4n) is 7.88. The maximum absolute atomic E-state index is 5.04. The van der Waals surface area contributed by atoms with E-state index in [-0.39, 0.29) is 0 Å². The Balaban J connectivity index is 1.13. The van der Waals surface area contributed by atoms with Crippen molar-refractivity contribution in [1.82, 2.24) is 15.0 Å². The Kier molecular flexibility index (Phi) is 6.64. The van der Waals surface area contributed by atoms with E-state index in [0.717, 1.165) is 28.2 Å². The summed E-state index contributed by atoms with van der Waals surface area (Å²) in [6, 6.07) is 60.7. The first-order valence-electron chi connectivity index (χ1n) is 16.9. The Morgan fingerprint density at radius 3 is 1.74 bits per heavy atom. The molecule has 0 amide bonds. The first-order chi connectivity index (χ1) is 24.8. The molecular formula is C46H29N3S. The molecule has 0 N–H and O–H groups in total. The molecule has 2 aliphatic rings. The number of hydrogen-bond donors (Lipinski definition) is 0. The van der Waals surface area contributed by atoms with Gasteiger partial charge in [0.1, 0.15) is 0 Å². The molecule has 0 unspecified atom stereocenters. The summed E-state index contributed by atoms with van der Waals surface area (Å²) in [7, 11) is 0. The van der Waals surface area contributed by atoms with E-state index in [9.17, 15) is 0 Å². The van der Waals surface area contributed by atoms with Gasteiger partial charge in [0.25, 0.3) is 0 Å². The van der Waals surface area contributed by atoms with E-state index in [0.29, 0.717) is 5.82 Å². The zero-order chi connectivity index (χ0) is 33.1. The lowest BCUT2D eigenvalue weighted by Crippen LogP contribution is -2.32. The van der Waals surface area contributed by atoms with Crippen molar-refractivity contribution in [2.45, 2.75) is 15.2 Å². The Morgan fingerprint density at radius 1 is 0.400 bits per heavy atom. The number of aromatic nitrogens is 3. The molecule has 234 valence electrons. The second-order valence-electron chi connectivity index (χ2n) is 12.7. The monoisotopic (exact) mass is 655 g/mol. The lowest BCUT2D eigenvalue weighted by Gasteiger charge is -2.40. The molecule has 0 radical (unpaired) electrons. The smallest absolute Gasteiger partial charge is 0.160 e. The van der Waals surface area contributed by atoms with Crippen LogP contribution in [0.25, 0.3) is 56.3 Å². The molecule has 3 heterocycles. The van der Waals surface area contributed by atoms with Crippen LogP contribution in [0, 0.1) is 0 Å². The minimum absolute atomic E-state index is 0.392. The van der Waals surface area contributed by atoms with Crippen LogP contribution in [0.1, 0.15) is 22.3 Å². The third-order valence-corrected chi connectivity index (χ3v) is 11.3. The van der Waals surface area contributed by atoms with E-state index >= 15 is 0 Å². The Labute approximate surface area is 295 Å². The highest BCUT2D eigenvalue weighted by molar-refractivity contribution is 7.99. The predicted molar refractivity (Wildman–Crippen MR) is 203 cm³/mol. The van der Waals surface area contributed by atoms with Crippen molar-refractivity contribution in [2.75, 3.05) is 0 Å². The highest BCUT2D eigenvalue weighted by Gasteiger charge is 2.50. The van der Waals surface area contributed by atoms with Crippen molar-refractivity contribution in [3.05, 3.63) is 198 Å². The fraction of sp³-hybridized carbons (Fsp3) is 0.0217. The van der Waals surface area contributed by atoms with Gasteiger partial charge in [-0.3, -0.25) is 4.98 Å². The van der Waals surface area contributed by atoms with Crippen molar-refractivity contribution >= 4 is 11.8 Å². The normalized spacial score (nSPS) is 13.3. The molecule has 3 nitrogen and oxygen atoms in total. The number of fused-ring (bicyclic) bond motifs is 9. The lowest BCUT2D eigenvalue weighted by molar-refractivity contribution is 0.723. The van der Waals surface area contributed by atoms with Gasteiger partial charge in [0.15, 0.2) is 5.82 Å². The number of rotatable bonds is 4. The highest BCUT2D eigenvalue weighted by atomic mass is 32.2. The fourth-order valence-corrected chi connectivity index (χ4v) is 9.21. The first-order valence-corrected chi connectivity index (χ1v) is 17.7. The molecular weight excluding hydrogens is 627 g/mol. The zero-order valence-electron chi connectivity index (χ0n) is 27.0. The molecule has 0 fully saturated rings. The quantitative estimate of drug-likeness (QED) is 0.189. The molecule has 0 atom stereocenters. The molecule has 50 heavy (non-hydrogen) atoms. The maximum atomic E-state index is 5.04. The highest BCUT2D eigenvalue weighted by Crippen LogP contribution is 2.63. The van der Waals surface area contributed by atoms with Gasteiger partial charge in [-0.05, 0) is 68.8 Å². The van der Waals surface area contributed by atoms with Crippen molar-refractivity contribution in [3.63, 3.8) is 0 Å². The van der Waals surface area contributed by atoms with Crippen LogP contribution in [0.4, 0.5) is 0 Å². The van der Waals surface area contributed by atoms with Crippen LogP contribution in [-0.2, 0) is 5.41 Å². The summed E-state index contributed by atoms with van der Waals surface area (Å²) in [6.45, 7) is 0. The third kappa shape index (κ3) is 4.35. The summed E-state index contributed by atoms with van der Waals surface area (Å²) < 4.78 is 0. The van der Waals surface area contributed by atoms with Crippen molar-refractivity contribution in [2.24, 2.45) is 0 Å². The van der Waals surface area contributed by atoms with Crippen LogP contribution in [0.3, 0.4) is 0 Å². The van der Waals surface area contributed by atoms with Gasteiger partial charge in [-0.2, -0.15) is 0 Å². The number of nitrogens with zero attached hydrogens (tertiary/aromatic N) is 3. The van der Waals surface area contributed by atoms with Crippen molar-refractivity contribution < 1.29 is 0 Å². The summed E-state index contributed by atoms with van der Waals surface area (Å²) in [4.78, 5) is 17.2. The van der Waals surface area contributed by atoms with E-state index in [1.54, 1.807) is 6.20 Å². The molecule has 10 rings (SSSR count). The topological polar surface area (TPSA) is 38.7 Å². The maximum Gasteiger partial charge on any atom is 0.160 e. The molecule has 0 saturated carbocycles. The Bertz CT molecular complexity index is 2460. The summed E-state index contributed by atoms with van der Waals surface area (Å²) in [5.74, 6) is 0.683. The largest absolute Gasteiger partial charge is 0.255 e. The van der Waals surface area contributed by atoms with Crippen molar-refractivity contribution in [3.8, 4) is 56.3 Å². The second kappa shape index (κ2) is 11.5. The van der Waals surface area contributed by atoms with Crippen LogP contribution in [-0.4, -0.2) is 15.0 Å². The predicted octanol–water partition coefficient (Wildman–Crippen LogP) is 11.4.